The molecule has 54 valence electrons. The van der Waals surface area contributed by atoms with E-state index in [0.29, 0.717) is 18.9 Å². The van der Waals surface area contributed by atoms with Gasteiger partial charge in [-0.1, -0.05) is 5.16 Å². The van der Waals surface area contributed by atoms with Crippen LogP contribution in [-0.4, -0.2) is 31.3 Å². The van der Waals surface area contributed by atoms with Crippen LogP contribution >= 0.6 is 0 Å². The fourth-order valence-electron chi connectivity index (χ4n) is 1.22. The molecule has 4 heteroatoms. The van der Waals surface area contributed by atoms with Gasteiger partial charge in [-0.15, -0.1) is 0 Å². The predicted molar refractivity (Wildman–Crippen MR) is 32.7 cm³/mol. The standard InChI is InChI=1S/C6H7NO3/c8-1-5-4-2-9-3-6(4)10-7-5/h1,4,6H,2-3H2/t4-,6-/m1/s1. The van der Waals surface area contributed by atoms with Gasteiger partial charge >= 0.3 is 0 Å². The van der Waals surface area contributed by atoms with Crippen LogP contribution in [0.2, 0.25) is 0 Å². The second-order valence-electron chi connectivity index (χ2n) is 2.42. The summed E-state index contributed by atoms with van der Waals surface area (Å²) in [5.74, 6) is 0.0949. The highest BCUT2D eigenvalue weighted by molar-refractivity contribution is 6.29. The molecule has 0 amide bonds. The van der Waals surface area contributed by atoms with Crippen LogP contribution in [0.5, 0.6) is 0 Å². The van der Waals surface area contributed by atoms with Crippen molar-refractivity contribution in [2.75, 3.05) is 13.2 Å². The molecule has 2 rings (SSSR count). The van der Waals surface area contributed by atoms with Gasteiger partial charge in [-0.2, -0.15) is 0 Å². The Hall–Kier alpha value is -0.900. The van der Waals surface area contributed by atoms with E-state index in [2.05, 4.69) is 5.16 Å². The zero-order valence-corrected chi connectivity index (χ0v) is 5.32. The summed E-state index contributed by atoms with van der Waals surface area (Å²) >= 11 is 0. The van der Waals surface area contributed by atoms with Crippen molar-refractivity contribution < 1.29 is 14.4 Å². The van der Waals surface area contributed by atoms with Crippen LogP contribution in [0.3, 0.4) is 0 Å². The van der Waals surface area contributed by atoms with Crippen molar-refractivity contribution in [3.8, 4) is 0 Å². The Morgan fingerprint density at radius 2 is 2.50 bits per heavy atom. The molecule has 0 spiro atoms. The highest BCUT2D eigenvalue weighted by Crippen LogP contribution is 2.23. The molecule has 0 N–H and O–H groups in total. The maximum Gasteiger partial charge on any atom is 0.168 e. The Bertz CT molecular complexity index is 189. The van der Waals surface area contributed by atoms with Gasteiger partial charge in [0.15, 0.2) is 12.4 Å². The van der Waals surface area contributed by atoms with Gasteiger partial charge in [0.2, 0.25) is 0 Å². The molecule has 2 aliphatic heterocycles. The molecule has 1 fully saturated rings. The minimum absolute atomic E-state index is 0.000185. The van der Waals surface area contributed by atoms with E-state index in [1.54, 1.807) is 0 Å². The monoisotopic (exact) mass is 141 g/mol. The Balaban J connectivity index is 2.17. The third kappa shape index (κ3) is 0.654. The molecular formula is C6H7NO3. The number of fused-ring (bicyclic) bond motifs is 1. The van der Waals surface area contributed by atoms with Crippen molar-refractivity contribution in [3.05, 3.63) is 0 Å². The van der Waals surface area contributed by atoms with Gasteiger partial charge in [0.1, 0.15) is 5.71 Å². The number of aldehydes is 1. The third-order valence-electron chi connectivity index (χ3n) is 1.82. The first-order chi connectivity index (χ1) is 4.92. The maximum absolute atomic E-state index is 10.3. The summed E-state index contributed by atoms with van der Waals surface area (Å²) in [6, 6.07) is 0. The smallest absolute Gasteiger partial charge is 0.168 e. The molecule has 0 saturated carbocycles. The Labute approximate surface area is 57.8 Å². The van der Waals surface area contributed by atoms with Crippen molar-refractivity contribution in [2.45, 2.75) is 6.10 Å². The number of nitrogens with zero attached hydrogens (tertiary/aromatic N) is 1. The summed E-state index contributed by atoms with van der Waals surface area (Å²) in [5.41, 5.74) is 0.488. The Kier molecular flexibility index (Phi) is 1.20. The first kappa shape index (κ1) is 5.85. The Morgan fingerprint density at radius 3 is 3.30 bits per heavy atom. The summed E-state index contributed by atoms with van der Waals surface area (Å²) in [4.78, 5) is 15.2. The van der Waals surface area contributed by atoms with Crippen LogP contribution in [0, 0.1) is 5.92 Å². The van der Waals surface area contributed by atoms with Gasteiger partial charge in [-0.25, -0.2) is 0 Å². The second kappa shape index (κ2) is 2.05. The summed E-state index contributed by atoms with van der Waals surface area (Å²) < 4.78 is 5.08. The third-order valence-corrected chi connectivity index (χ3v) is 1.82. The summed E-state index contributed by atoms with van der Waals surface area (Å²) in [5, 5.41) is 3.61. The quantitative estimate of drug-likeness (QED) is 0.466. The molecule has 2 heterocycles. The highest BCUT2D eigenvalue weighted by atomic mass is 16.7. The zero-order valence-electron chi connectivity index (χ0n) is 5.32. The Morgan fingerprint density at radius 1 is 1.60 bits per heavy atom. The molecule has 10 heavy (non-hydrogen) atoms. The first-order valence-corrected chi connectivity index (χ1v) is 3.18. The first-order valence-electron chi connectivity index (χ1n) is 3.18. The molecular weight excluding hydrogens is 134 g/mol. The van der Waals surface area contributed by atoms with Crippen molar-refractivity contribution in [2.24, 2.45) is 11.1 Å². The highest BCUT2D eigenvalue weighted by Gasteiger charge is 2.38. The number of hydrogen-bond donors (Lipinski definition) is 0. The van der Waals surface area contributed by atoms with Gasteiger partial charge in [0.25, 0.3) is 0 Å². The van der Waals surface area contributed by atoms with Crippen LogP contribution in [0.15, 0.2) is 5.16 Å². The van der Waals surface area contributed by atoms with E-state index in [0.717, 1.165) is 6.29 Å². The molecule has 0 unspecified atom stereocenters. The van der Waals surface area contributed by atoms with Gasteiger partial charge < -0.3 is 9.57 Å². The van der Waals surface area contributed by atoms with Gasteiger partial charge in [0, 0.05) is 0 Å². The topological polar surface area (TPSA) is 47.9 Å². The minimum atomic E-state index is 0.000185. The number of ether oxygens (including phenoxy) is 1. The number of oxime groups is 1. The number of carbonyl (C=O) groups is 1. The van der Waals surface area contributed by atoms with Crippen LogP contribution in [-0.2, 0) is 14.4 Å². The van der Waals surface area contributed by atoms with Crippen LogP contribution in [0.25, 0.3) is 0 Å². The van der Waals surface area contributed by atoms with Crippen molar-refractivity contribution in [1.82, 2.24) is 0 Å². The molecule has 2 atom stereocenters. The lowest BCUT2D eigenvalue weighted by Gasteiger charge is -2.00. The lowest BCUT2D eigenvalue weighted by molar-refractivity contribution is -0.102. The molecule has 0 aromatic carbocycles. The average molecular weight is 141 g/mol. The molecule has 0 aliphatic carbocycles. The van der Waals surface area contributed by atoms with Gasteiger partial charge in [0.05, 0.1) is 19.1 Å². The minimum Gasteiger partial charge on any atom is -0.389 e. The lowest BCUT2D eigenvalue weighted by atomic mass is 10.0. The number of rotatable bonds is 1. The van der Waals surface area contributed by atoms with Crippen molar-refractivity contribution in [1.29, 1.82) is 0 Å². The number of hydrogen-bond acceptors (Lipinski definition) is 4. The van der Waals surface area contributed by atoms with Gasteiger partial charge in [-0.05, 0) is 0 Å². The molecule has 0 aromatic heterocycles. The summed E-state index contributed by atoms with van der Waals surface area (Å²) in [6.07, 6.45) is 0.736. The molecule has 2 aliphatic rings. The molecule has 4 nitrogen and oxygen atoms in total. The van der Waals surface area contributed by atoms with E-state index in [4.69, 9.17) is 9.57 Å². The van der Waals surface area contributed by atoms with Crippen LogP contribution < -0.4 is 0 Å². The second-order valence-corrected chi connectivity index (χ2v) is 2.42. The van der Waals surface area contributed by atoms with Crippen LogP contribution in [0.1, 0.15) is 0 Å². The molecule has 0 aromatic rings. The van der Waals surface area contributed by atoms with Crippen molar-refractivity contribution >= 4 is 12.0 Å². The summed E-state index contributed by atoms with van der Waals surface area (Å²) in [6.45, 7) is 1.13. The van der Waals surface area contributed by atoms with E-state index in [1.165, 1.54) is 0 Å². The predicted octanol–water partition coefficient (Wildman–Crippen LogP) is -0.414. The fraction of sp³-hybridized carbons (Fsp3) is 0.667. The van der Waals surface area contributed by atoms with Gasteiger partial charge in [-0.3, -0.25) is 4.79 Å². The SMILES string of the molecule is O=CC1=NO[C@@H]2COC[C@H]12. The van der Waals surface area contributed by atoms with E-state index >= 15 is 0 Å². The molecule has 1 saturated heterocycles. The average Bonchev–Trinajstić information content (AvgIpc) is 2.44. The fourth-order valence-corrected chi connectivity index (χ4v) is 1.22. The lowest BCUT2D eigenvalue weighted by Crippen LogP contribution is -2.21. The van der Waals surface area contributed by atoms with Crippen molar-refractivity contribution in [3.63, 3.8) is 0 Å². The van der Waals surface area contributed by atoms with E-state index in [-0.39, 0.29) is 12.0 Å². The van der Waals surface area contributed by atoms with E-state index < -0.39 is 0 Å². The zero-order chi connectivity index (χ0) is 6.97. The molecule has 0 radical (unpaired) electrons. The maximum atomic E-state index is 10.3. The molecule has 0 bridgehead atoms. The van der Waals surface area contributed by atoms with E-state index in [9.17, 15) is 4.79 Å². The largest absolute Gasteiger partial charge is 0.389 e. The number of carbonyl (C=O) groups excluding carboxylic acids is 1. The van der Waals surface area contributed by atoms with Crippen LogP contribution in [0.4, 0.5) is 0 Å². The van der Waals surface area contributed by atoms with E-state index in [1.807, 2.05) is 0 Å². The normalized spacial score (nSPS) is 36.6. The summed E-state index contributed by atoms with van der Waals surface area (Å²) in [7, 11) is 0.